The molecule has 0 heterocycles. The zero-order chi connectivity index (χ0) is 12.1. The fourth-order valence-corrected chi connectivity index (χ4v) is 1.76. The number of hydrogen-bond acceptors (Lipinski definition) is 1. The van der Waals surface area contributed by atoms with Gasteiger partial charge in [-0.1, -0.05) is 37.3 Å². The lowest BCUT2D eigenvalue weighted by Gasteiger charge is -2.16. The molecule has 1 fully saturated rings. The van der Waals surface area contributed by atoms with E-state index in [2.05, 4.69) is 52.9 Å². The quantitative estimate of drug-likeness (QED) is 0.493. The number of hydrogen-bond donors (Lipinski definition) is 2. The van der Waals surface area contributed by atoms with Crippen LogP contribution in [0.3, 0.4) is 0 Å². The van der Waals surface area contributed by atoms with E-state index in [1.54, 1.807) is 0 Å². The third kappa shape index (κ3) is 4.84. The van der Waals surface area contributed by atoms with Crippen molar-refractivity contribution in [2.24, 2.45) is 4.99 Å². The molecule has 1 aliphatic rings. The van der Waals surface area contributed by atoms with Gasteiger partial charge in [0.2, 0.25) is 0 Å². The lowest BCUT2D eigenvalue weighted by molar-refractivity contribution is 0.698. The zero-order valence-corrected chi connectivity index (χ0v) is 13.3. The molecule has 0 spiro atoms. The second-order valence-electron chi connectivity index (χ2n) is 4.68. The van der Waals surface area contributed by atoms with E-state index in [0.29, 0.717) is 12.0 Å². The number of rotatable bonds is 4. The lowest BCUT2D eigenvalue weighted by Crippen LogP contribution is -2.40. The van der Waals surface area contributed by atoms with E-state index in [1.165, 1.54) is 18.4 Å². The Labute approximate surface area is 126 Å². The van der Waals surface area contributed by atoms with E-state index in [9.17, 15) is 0 Å². The number of nitrogens with one attached hydrogen (secondary N) is 2. The summed E-state index contributed by atoms with van der Waals surface area (Å²) < 4.78 is 0. The van der Waals surface area contributed by atoms with E-state index in [0.717, 1.165) is 12.5 Å². The molecular weight excluding hydrogens is 337 g/mol. The Balaban J connectivity index is 0.00000162. The molecule has 0 aliphatic heterocycles. The summed E-state index contributed by atoms with van der Waals surface area (Å²) in [6.07, 6.45) is 2.55. The molecule has 1 aromatic rings. The molecule has 4 heteroatoms. The molecule has 0 bridgehead atoms. The predicted molar refractivity (Wildman–Crippen MR) is 87.8 cm³/mol. The summed E-state index contributed by atoms with van der Waals surface area (Å²) in [6.45, 7) is 3.14. The van der Waals surface area contributed by atoms with Crippen molar-refractivity contribution in [3.63, 3.8) is 0 Å². The lowest BCUT2D eigenvalue weighted by atomic mass is 10.0. The van der Waals surface area contributed by atoms with Gasteiger partial charge < -0.3 is 10.6 Å². The molecule has 2 N–H and O–H groups in total. The van der Waals surface area contributed by atoms with Crippen LogP contribution in [0.5, 0.6) is 0 Å². The first-order chi connectivity index (χ1) is 8.29. The maximum Gasteiger partial charge on any atom is 0.191 e. The maximum atomic E-state index is 4.23. The van der Waals surface area contributed by atoms with Crippen LogP contribution in [0.2, 0.25) is 0 Å². The average molecular weight is 359 g/mol. The molecule has 0 radical (unpaired) electrons. The standard InChI is InChI=1S/C14H21N3.HI/c1-11(12-6-4-3-5-7-12)10-16-14(15-2)17-13-8-9-13;/h3-7,11,13H,8-10H2,1-2H3,(H2,15,16,17);1H. The van der Waals surface area contributed by atoms with Crippen molar-refractivity contribution in [1.82, 2.24) is 10.6 Å². The predicted octanol–water partition coefficient (Wildman–Crippen LogP) is 2.74. The molecule has 1 aromatic carbocycles. The molecule has 3 nitrogen and oxygen atoms in total. The summed E-state index contributed by atoms with van der Waals surface area (Å²) >= 11 is 0. The van der Waals surface area contributed by atoms with Crippen LogP contribution in [0.4, 0.5) is 0 Å². The highest BCUT2D eigenvalue weighted by molar-refractivity contribution is 14.0. The fourth-order valence-electron chi connectivity index (χ4n) is 1.76. The highest BCUT2D eigenvalue weighted by Gasteiger charge is 2.22. The van der Waals surface area contributed by atoms with Crippen LogP contribution in [0.15, 0.2) is 35.3 Å². The Kier molecular flexibility index (Phi) is 6.46. The Hall–Kier alpha value is -0.780. The fraction of sp³-hybridized carbons (Fsp3) is 0.500. The normalized spacial score (nSPS) is 16.7. The molecule has 18 heavy (non-hydrogen) atoms. The molecule has 2 rings (SSSR count). The third-order valence-corrected chi connectivity index (χ3v) is 3.09. The van der Waals surface area contributed by atoms with Gasteiger partial charge in [-0.25, -0.2) is 0 Å². The largest absolute Gasteiger partial charge is 0.356 e. The van der Waals surface area contributed by atoms with Crippen LogP contribution in [0.25, 0.3) is 0 Å². The summed E-state index contributed by atoms with van der Waals surface area (Å²) in [5, 5.41) is 6.76. The highest BCUT2D eigenvalue weighted by Crippen LogP contribution is 2.18. The summed E-state index contributed by atoms with van der Waals surface area (Å²) in [5.74, 6) is 1.42. The molecule has 1 unspecified atom stereocenters. The van der Waals surface area contributed by atoms with Gasteiger partial charge in [-0.05, 0) is 24.3 Å². The second kappa shape index (κ2) is 7.61. The molecule has 1 aliphatic carbocycles. The van der Waals surface area contributed by atoms with Crippen molar-refractivity contribution in [2.45, 2.75) is 31.7 Å². The van der Waals surface area contributed by atoms with Crippen molar-refractivity contribution < 1.29 is 0 Å². The minimum Gasteiger partial charge on any atom is -0.356 e. The highest BCUT2D eigenvalue weighted by atomic mass is 127. The number of benzene rings is 1. The van der Waals surface area contributed by atoms with Crippen LogP contribution in [-0.4, -0.2) is 25.6 Å². The van der Waals surface area contributed by atoms with Crippen molar-refractivity contribution in [3.8, 4) is 0 Å². The van der Waals surface area contributed by atoms with E-state index in [4.69, 9.17) is 0 Å². The monoisotopic (exact) mass is 359 g/mol. The van der Waals surface area contributed by atoms with Crippen molar-refractivity contribution in [3.05, 3.63) is 35.9 Å². The zero-order valence-electron chi connectivity index (χ0n) is 11.0. The smallest absolute Gasteiger partial charge is 0.191 e. The first kappa shape index (κ1) is 15.3. The van der Waals surface area contributed by atoms with E-state index >= 15 is 0 Å². The van der Waals surface area contributed by atoms with Crippen LogP contribution in [0.1, 0.15) is 31.2 Å². The molecule has 1 atom stereocenters. The summed E-state index contributed by atoms with van der Waals surface area (Å²) in [5.41, 5.74) is 1.36. The van der Waals surface area contributed by atoms with Gasteiger partial charge in [-0.15, -0.1) is 24.0 Å². The Morgan fingerprint density at radius 3 is 2.56 bits per heavy atom. The van der Waals surface area contributed by atoms with Crippen molar-refractivity contribution >= 4 is 29.9 Å². The van der Waals surface area contributed by atoms with Gasteiger partial charge >= 0.3 is 0 Å². The van der Waals surface area contributed by atoms with E-state index in [-0.39, 0.29) is 24.0 Å². The van der Waals surface area contributed by atoms with E-state index < -0.39 is 0 Å². The topological polar surface area (TPSA) is 36.4 Å². The van der Waals surface area contributed by atoms with Crippen molar-refractivity contribution in [2.75, 3.05) is 13.6 Å². The Morgan fingerprint density at radius 1 is 1.33 bits per heavy atom. The van der Waals surface area contributed by atoms with Crippen molar-refractivity contribution in [1.29, 1.82) is 0 Å². The molecule has 0 aromatic heterocycles. The van der Waals surface area contributed by atoms with Gasteiger partial charge in [0, 0.05) is 19.6 Å². The summed E-state index contributed by atoms with van der Waals surface area (Å²) in [4.78, 5) is 4.23. The average Bonchev–Trinajstić information content (AvgIpc) is 3.19. The van der Waals surface area contributed by atoms with Gasteiger partial charge in [0.1, 0.15) is 0 Å². The molecule has 100 valence electrons. The summed E-state index contributed by atoms with van der Waals surface area (Å²) in [6, 6.07) is 11.2. The first-order valence-corrected chi connectivity index (χ1v) is 6.31. The minimum absolute atomic E-state index is 0. The Morgan fingerprint density at radius 2 is 2.00 bits per heavy atom. The number of halogens is 1. The number of guanidine groups is 1. The molecule has 1 saturated carbocycles. The van der Waals surface area contributed by atoms with Gasteiger partial charge in [0.15, 0.2) is 5.96 Å². The van der Waals surface area contributed by atoms with Crippen LogP contribution >= 0.6 is 24.0 Å². The Bertz CT molecular complexity index is 374. The van der Waals surface area contributed by atoms with Gasteiger partial charge in [-0.3, -0.25) is 4.99 Å². The van der Waals surface area contributed by atoms with Crippen LogP contribution < -0.4 is 10.6 Å². The van der Waals surface area contributed by atoms with Gasteiger partial charge in [0.25, 0.3) is 0 Å². The van der Waals surface area contributed by atoms with Crippen LogP contribution in [0, 0.1) is 0 Å². The first-order valence-electron chi connectivity index (χ1n) is 6.31. The minimum atomic E-state index is 0. The molecule has 0 amide bonds. The number of nitrogens with zero attached hydrogens (tertiary/aromatic N) is 1. The molecule has 0 saturated heterocycles. The number of aliphatic imine (C=N–C) groups is 1. The molecular formula is C14H22IN3. The van der Waals surface area contributed by atoms with Gasteiger partial charge in [0.05, 0.1) is 0 Å². The summed E-state index contributed by atoms with van der Waals surface area (Å²) in [7, 11) is 1.82. The SMILES string of the molecule is CN=C(NCC(C)c1ccccc1)NC1CC1.I. The maximum absolute atomic E-state index is 4.23. The third-order valence-electron chi connectivity index (χ3n) is 3.09. The van der Waals surface area contributed by atoms with Gasteiger partial charge in [-0.2, -0.15) is 0 Å². The second-order valence-corrected chi connectivity index (χ2v) is 4.68. The van der Waals surface area contributed by atoms with E-state index in [1.807, 2.05) is 7.05 Å². The van der Waals surface area contributed by atoms with Crippen LogP contribution in [-0.2, 0) is 0 Å².